The molecular weight excluding hydrogens is 356 g/mol. The van der Waals surface area contributed by atoms with E-state index in [9.17, 15) is 8.42 Å². The summed E-state index contributed by atoms with van der Waals surface area (Å²) < 4.78 is 44.8. The van der Waals surface area contributed by atoms with Crippen molar-refractivity contribution in [1.29, 1.82) is 0 Å². The zero-order valence-electron chi connectivity index (χ0n) is 15.2. The molecule has 7 nitrogen and oxygen atoms in total. The minimum atomic E-state index is -3.61. The van der Waals surface area contributed by atoms with Crippen LogP contribution in [0.4, 0.5) is 0 Å². The van der Waals surface area contributed by atoms with Crippen molar-refractivity contribution in [2.45, 2.75) is 42.3 Å². The summed E-state index contributed by atoms with van der Waals surface area (Å²) >= 11 is 0. The fraction of sp³-hybridized carbons (Fsp3) is 0.667. The number of hydrogen-bond donors (Lipinski definition) is 1. The van der Waals surface area contributed by atoms with Gasteiger partial charge in [0.05, 0.1) is 31.8 Å². The Morgan fingerprint density at radius 1 is 1.15 bits per heavy atom. The quantitative estimate of drug-likeness (QED) is 0.798. The van der Waals surface area contributed by atoms with Gasteiger partial charge >= 0.3 is 0 Å². The van der Waals surface area contributed by atoms with Crippen LogP contribution in [0.5, 0.6) is 11.5 Å². The second-order valence-electron chi connectivity index (χ2n) is 7.39. The number of benzene rings is 1. The number of nitrogens with one attached hydrogen (secondary N) is 1. The molecular formula is C18H26N2O5S. The van der Waals surface area contributed by atoms with Gasteiger partial charge in [-0.2, -0.15) is 0 Å². The van der Waals surface area contributed by atoms with Crippen LogP contribution in [0.1, 0.15) is 19.3 Å². The molecule has 1 aromatic carbocycles. The first-order valence-electron chi connectivity index (χ1n) is 9.10. The number of ether oxygens (including phenoxy) is 3. The van der Waals surface area contributed by atoms with Crippen LogP contribution in [0.3, 0.4) is 0 Å². The Labute approximate surface area is 154 Å². The molecule has 0 aromatic heterocycles. The summed E-state index contributed by atoms with van der Waals surface area (Å²) in [5.74, 6) is 1.62. The number of methoxy groups -OCH3 is 2. The monoisotopic (exact) mass is 382 g/mol. The lowest BCUT2D eigenvalue weighted by molar-refractivity contribution is -0.0581. The van der Waals surface area contributed by atoms with Gasteiger partial charge in [-0.05, 0) is 37.3 Å². The number of fused-ring (bicyclic) bond motifs is 1. The van der Waals surface area contributed by atoms with Gasteiger partial charge < -0.3 is 14.2 Å². The molecule has 26 heavy (non-hydrogen) atoms. The van der Waals surface area contributed by atoms with E-state index in [1.165, 1.54) is 39.2 Å². The molecule has 0 unspecified atom stereocenters. The average molecular weight is 382 g/mol. The summed E-state index contributed by atoms with van der Waals surface area (Å²) in [6, 6.07) is 4.86. The van der Waals surface area contributed by atoms with E-state index in [1.807, 2.05) is 0 Å². The van der Waals surface area contributed by atoms with Gasteiger partial charge in [-0.25, -0.2) is 13.1 Å². The van der Waals surface area contributed by atoms with Crippen LogP contribution in [0.15, 0.2) is 23.1 Å². The van der Waals surface area contributed by atoms with Gasteiger partial charge in [0.15, 0.2) is 11.5 Å². The van der Waals surface area contributed by atoms with Crippen molar-refractivity contribution < 1.29 is 22.6 Å². The highest BCUT2D eigenvalue weighted by Gasteiger charge is 2.43. The van der Waals surface area contributed by atoms with Crippen molar-refractivity contribution in [3.05, 3.63) is 18.2 Å². The Bertz CT molecular complexity index is 765. The van der Waals surface area contributed by atoms with Crippen molar-refractivity contribution in [3.63, 3.8) is 0 Å². The molecule has 0 radical (unpaired) electrons. The van der Waals surface area contributed by atoms with Crippen molar-refractivity contribution in [2.75, 3.05) is 33.9 Å². The van der Waals surface area contributed by atoms with Gasteiger partial charge in [-0.3, -0.25) is 4.90 Å². The van der Waals surface area contributed by atoms with Gasteiger partial charge in [0.2, 0.25) is 10.0 Å². The summed E-state index contributed by atoms with van der Waals surface area (Å²) in [7, 11) is -0.598. The van der Waals surface area contributed by atoms with Gasteiger partial charge in [-0.15, -0.1) is 0 Å². The van der Waals surface area contributed by atoms with Gasteiger partial charge in [0, 0.05) is 31.2 Å². The van der Waals surface area contributed by atoms with E-state index in [4.69, 9.17) is 14.2 Å². The maximum Gasteiger partial charge on any atom is 0.241 e. The molecule has 0 amide bonds. The summed E-state index contributed by atoms with van der Waals surface area (Å²) in [5, 5.41) is 0. The summed E-state index contributed by atoms with van der Waals surface area (Å²) in [5.41, 5.74) is 0. The lowest BCUT2D eigenvalue weighted by atomic mass is 10.1. The molecule has 3 aliphatic rings. The molecule has 0 bridgehead atoms. The third-order valence-corrected chi connectivity index (χ3v) is 7.10. The number of morpholine rings is 1. The fourth-order valence-corrected chi connectivity index (χ4v) is 5.26. The van der Waals surface area contributed by atoms with Crippen LogP contribution in [0.2, 0.25) is 0 Å². The molecule has 144 valence electrons. The molecule has 2 aliphatic heterocycles. The highest BCUT2D eigenvalue weighted by Crippen LogP contribution is 2.38. The predicted molar refractivity (Wildman–Crippen MR) is 96.1 cm³/mol. The molecule has 3 atom stereocenters. The minimum absolute atomic E-state index is 0.0975. The van der Waals surface area contributed by atoms with E-state index in [0.717, 1.165) is 19.5 Å². The zero-order valence-corrected chi connectivity index (χ0v) is 16.0. The number of nitrogens with zero attached hydrogens (tertiary/aromatic N) is 1. The maximum atomic E-state index is 12.8. The molecule has 1 N–H and O–H groups in total. The first-order chi connectivity index (χ1) is 12.5. The summed E-state index contributed by atoms with van der Waals surface area (Å²) in [4.78, 5) is 2.57. The van der Waals surface area contributed by atoms with Crippen molar-refractivity contribution in [2.24, 2.45) is 5.92 Å². The number of rotatable bonds is 6. The van der Waals surface area contributed by atoms with E-state index >= 15 is 0 Å². The topological polar surface area (TPSA) is 77.1 Å². The Morgan fingerprint density at radius 2 is 1.92 bits per heavy atom. The van der Waals surface area contributed by atoms with E-state index in [1.54, 1.807) is 6.07 Å². The van der Waals surface area contributed by atoms with E-state index in [2.05, 4.69) is 9.62 Å². The van der Waals surface area contributed by atoms with Crippen LogP contribution in [0, 0.1) is 5.92 Å². The molecule has 2 saturated heterocycles. The van der Waals surface area contributed by atoms with Crippen LogP contribution in [-0.2, 0) is 14.8 Å². The molecule has 4 rings (SSSR count). The largest absolute Gasteiger partial charge is 0.493 e. The third-order valence-electron chi connectivity index (χ3n) is 5.58. The Kier molecular flexibility index (Phi) is 4.85. The van der Waals surface area contributed by atoms with E-state index in [0.29, 0.717) is 36.2 Å². The minimum Gasteiger partial charge on any atom is -0.493 e. The van der Waals surface area contributed by atoms with E-state index in [-0.39, 0.29) is 10.9 Å². The maximum absolute atomic E-state index is 12.8. The van der Waals surface area contributed by atoms with Crippen LogP contribution >= 0.6 is 0 Å². The predicted octanol–water partition coefficient (Wildman–Crippen LogP) is 1.23. The van der Waals surface area contributed by atoms with Crippen molar-refractivity contribution >= 4 is 10.0 Å². The SMILES string of the molecule is COc1ccc(S(=O)(=O)N[C@H]2C[C@H]3CO[C@@H](C4CC4)CN3C2)cc1OC. The number of hydrogen-bond acceptors (Lipinski definition) is 6. The standard InChI is InChI=1S/C18H26N2O5S/c1-23-16-6-5-15(8-17(16)24-2)26(21,22)19-13-7-14-11-25-18(12-3-4-12)10-20(14)9-13/h5-6,8,12-14,18-19H,3-4,7,9-11H2,1-2H3/t13-,14-,18+/m0/s1. The summed E-state index contributed by atoms with van der Waals surface area (Å²) in [6.45, 7) is 2.36. The van der Waals surface area contributed by atoms with Crippen molar-refractivity contribution in [3.8, 4) is 11.5 Å². The average Bonchev–Trinajstić information content (AvgIpc) is 3.41. The van der Waals surface area contributed by atoms with Crippen LogP contribution < -0.4 is 14.2 Å². The normalized spacial score (nSPS) is 29.4. The molecule has 3 fully saturated rings. The van der Waals surface area contributed by atoms with Gasteiger partial charge in [-0.1, -0.05) is 0 Å². The van der Waals surface area contributed by atoms with Crippen LogP contribution in [-0.4, -0.2) is 65.4 Å². The smallest absolute Gasteiger partial charge is 0.241 e. The molecule has 2 heterocycles. The molecule has 1 aromatic rings. The summed E-state index contributed by atoms with van der Waals surface area (Å²) in [6.07, 6.45) is 3.63. The third kappa shape index (κ3) is 3.55. The molecule has 0 spiro atoms. The molecule has 1 aliphatic carbocycles. The van der Waals surface area contributed by atoms with Crippen LogP contribution in [0.25, 0.3) is 0 Å². The molecule has 1 saturated carbocycles. The molecule has 8 heteroatoms. The van der Waals surface area contributed by atoms with E-state index < -0.39 is 10.0 Å². The van der Waals surface area contributed by atoms with Gasteiger partial charge in [0.25, 0.3) is 0 Å². The second-order valence-corrected chi connectivity index (χ2v) is 9.10. The first-order valence-corrected chi connectivity index (χ1v) is 10.6. The zero-order chi connectivity index (χ0) is 18.3. The Morgan fingerprint density at radius 3 is 2.62 bits per heavy atom. The second kappa shape index (κ2) is 6.99. The fourth-order valence-electron chi connectivity index (χ4n) is 4.01. The highest BCUT2D eigenvalue weighted by molar-refractivity contribution is 7.89. The van der Waals surface area contributed by atoms with Gasteiger partial charge in [0.1, 0.15) is 0 Å². The Hall–Kier alpha value is -1.35. The highest BCUT2D eigenvalue weighted by atomic mass is 32.2. The number of sulfonamides is 1. The Balaban J connectivity index is 1.43. The van der Waals surface area contributed by atoms with Crippen molar-refractivity contribution in [1.82, 2.24) is 9.62 Å². The lowest BCUT2D eigenvalue weighted by Crippen LogP contribution is -2.47. The lowest BCUT2D eigenvalue weighted by Gasteiger charge is -2.35. The first kappa shape index (κ1) is 18.0.